The Kier molecular flexibility index (Phi) is 11.8. The third-order valence-electron chi connectivity index (χ3n) is 6.96. The van der Waals surface area contributed by atoms with E-state index in [4.69, 9.17) is 17.2 Å². The fraction of sp³-hybridized carbons (Fsp3) is 0.414. The number of primary amides is 2. The Labute approximate surface area is 239 Å². The first-order chi connectivity index (χ1) is 19.7. The van der Waals surface area contributed by atoms with Crippen molar-refractivity contribution in [3.8, 4) is 0 Å². The number of unbranched alkanes of at least 4 members (excludes halogenated alkanes) is 1. The van der Waals surface area contributed by atoms with Gasteiger partial charge in [0.25, 0.3) is 0 Å². The number of hydrogen-bond acceptors (Lipinski definition) is 7. The monoisotopic (exact) mass is 565 g/mol. The Balaban J connectivity index is 1.76. The van der Waals surface area contributed by atoms with Crippen LogP contribution >= 0.6 is 0 Å². The molecule has 0 aliphatic carbocycles. The largest absolute Gasteiger partial charge is 0.370 e. The second kappa shape index (κ2) is 15.5. The molecular weight excluding hydrogens is 526 g/mol. The van der Waals surface area contributed by atoms with Crippen molar-refractivity contribution >= 4 is 29.5 Å². The zero-order chi connectivity index (χ0) is 29.8. The van der Waals surface area contributed by atoms with Gasteiger partial charge in [0.2, 0.25) is 29.5 Å². The first kappa shape index (κ1) is 31.2. The summed E-state index contributed by atoms with van der Waals surface area (Å²) in [6, 6.07) is 13.1. The summed E-state index contributed by atoms with van der Waals surface area (Å²) in [7, 11) is 0. The number of carbonyl (C=O) groups is 5. The number of amides is 5. The molecule has 0 fully saturated rings. The summed E-state index contributed by atoms with van der Waals surface area (Å²) in [6.07, 6.45) is 1.50. The highest BCUT2D eigenvalue weighted by Crippen LogP contribution is 2.17. The van der Waals surface area contributed by atoms with Gasteiger partial charge in [0.1, 0.15) is 18.1 Å². The van der Waals surface area contributed by atoms with Crippen molar-refractivity contribution < 1.29 is 24.0 Å². The maximum Gasteiger partial charge on any atom is 0.243 e. The normalized spacial score (nSPS) is 16.4. The van der Waals surface area contributed by atoms with Crippen molar-refractivity contribution in [1.29, 1.82) is 0 Å². The van der Waals surface area contributed by atoms with Crippen molar-refractivity contribution in [2.75, 3.05) is 6.54 Å². The summed E-state index contributed by atoms with van der Waals surface area (Å²) in [6.45, 7) is 0.914. The second-order valence-electron chi connectivity index (χ2n) is 10.1. The molecular formula is C29H39N7O5. The third kappa shape index (κ3) is 9.69. The number of hydrogen-bond donors (Lipinski definition) is 7. The number of nitrogens with two attached hydrogens (primary N) is 3. The van der Waals surface area contributed by atoms with Crippen LogP contribution in [0.1, 0.15) is 42.4 Å². The second-order valence-corrected chi connectivity index (χ2v) is 10.1. The Morgan fingerprint density at radius 2 is 1.44 bits per heavy atom. The molecule has 0 bridgehead atoms. The standard InChI is InChI=1S/C29H39N7O5/c30-13-7-6-12-21(27(39)35-22(26(32)38)16-25(31)37)34-29(41)24(14-18-8-2-1-3-9-18)36-28(40)23-15-19-10-4-5-11-20(19)17-33-23/h1-5,8-11,21-24,33H,6-7,12-17,30H2,(H2,31,37)(H2,32,38)(H,34,41)(H,35,39)(H,36,40)/t21-,22-,23-,24-/m0/s1. The van der Waals surface area contributed by atoms with E-state index in [1.165, 1.54) is 0 Å². The lowest BCUT2D eigenvalue weighted by atomic mass is 9.95. The van der Waals surface area contributed by atoms with Gasteiger partial charge in [-0.1, -0.05) is 54.6 Å². The van der Waals surface area contributed by atoms with Crippen molar-refractivity contribution in [1.82, 2.24) is 21.3 Å². The number of fused-ring (bicyclic) bond motifs is 1. The molecule has 0 spiro atoms. The molecule has 2 aromatic carbocycles. The lowest BCUT2D eigenvalue weighted by molar-refractivity contribution is -0.134. The minimum absolute atomic E-state index is 0.185. The van der Waals surface area contributed by atoms with E-state index in [1.807, 2.05) is 54.6 Å². The summed E-state index contributed by atoms with van der Waals surface area (Å²) >= 11 is 0. The molecule has 0 saturated carbocycles. The van der Waals surface area contributed by atoms with Gasteiger partial charge < -0.3 is 38.5 Å². The van der Waals surface area contributed by atoms with Crippen LogP contribution in [0.25, 0.3) is 0 Å². The molecule has 0 unspecified atom stereocenters. The van der Waals surface area contributed by atoms with Gasteiger partial charge in [-0.25, -0.2) is 0 Å². The summed E-state index contributed by atoms with van der Waals surface area (Å²) in [5.41, 5.74) is 19.1. The van der Waals surface area contributed by atoms with Crippen LogP contribution in [0.4, 0.5) is 0 Å². The predicted molar refractivity (Wildman–Crippen MR) is 153 cm³/mol. The Morgan fingerprint density at radius 3 is 2.10 bits per heavy atom. The summed E-state index contributed by atoms with van der Waals surface area (Å²) in [5.74, 6) is -3.36. The van der Waals surface area contributed by atoms with Crippen LogP contribution in [0.5, 0.6) is 0 Å². The number of carbonyl (C=O) groups excluding carboxylic acids is 5. The van der Waals surface area contributed by atoms with Crippen LogP contribution in [0.2, 0.25) is 0 Å². The molecule has 0 radical (unpaired) electrons. The SMILES string of the molecule is NCCCC[C@H](NC(=O)[C@H](Cc1ccccc1)NC(=O)[C@@H]1Cc2ccccc2CN1)C(=O)N[C@@H](CC(N)=O)C(N)=O. The van der Waals surface area contributed by atoms with E-state index >= 15 is 0 Å². The lowest BCUT2D eigenvalue weighted by Crippen LogP contribution is -2.59. The van der Waals surface area contributed by atoms with Crippen molar-refractivity contribution in [2.45, 2.75) is 69.2 Å². The fourth-order valence-electron chi connectivity index (χ4n) is 4.70. The van der Waals surface area contributed by atoms with Crippen LogP contribution < -0.4 is 38.5 Å². The topological polar surface area (TPSA) is 212 Å². The Bertz CT molecular complexity index is 1220. The van der Waals surface area contributed by atoms with Gasteiger partial charge in [0.15, 0.2) is 0 Å². The third-order valence-corrected chi connectivity index (χ3v) is 6.96. The van der Waals surface area contributed by atoms with Crippen molar-refractivity contribution in [3.63, 3.8) is 0 Å². The molecule has 41 heavy (non-hydrogen) atoms. The first-order valence-corrected chi connectivity index (χ1v) is 13.7. The van der Waals surface area contributed by atoms with Crippen LogP contribution in [-0.4, -0.2) is 60.2 Å². The molecule has 220 valence electrons. The molecule has 10 N–H and O–H groups in total. The van der Waals surface area contributed by atoms with E-state index in [9.17, 15) is 24.0 Å². The highest BCUT2D eigenvalue weighted by Gasteiger charge is 2.32. The van der Waals surface area contributed by atoms with Gasteiger partial charge in [0.05, 0.1) is 12.5 Å². The van der Waals surface area contributed by atoms with Gasteiger partial charge in [-0.3, -0.25) is 24.0 Å². The molecule has 12 nitrogen and oxygen atoms in total. The van der Waals surface area contributed by atoms with Gasteiger partial charge in [-0.2, -0.15) is 0 Å². The van der Waals surface area contributed by atoms with E-state index in [1.54, 1.807) is 0 Å². The van der Waals surface area contributed by atoms with Gasteiger partial charge in [-0.05, 0) is 48.9 Å². The molecule has 1 heterocycles. The quantitative estimate of drug-likeness (QED) is 0.132. The minimum atomic E-state index is -1.33. The van der Waals surface area contributed by atoms with E-state index in [0.29, 0.717) is 32.4 Å². The van der Waals surface area contributed by atoms with Crippen molar-refractivity contribution in [3.05, 3.63) is 71.3 Å². The van der Waals surface area contributed by atoms with Crippen LogP contribution in [0, 0.1) is 0 Å². The van der Waals surface area contributed by atoms with E-state index < -0.39 is 54.2 Å². The number of benzene rings is 2. The van der Waals surface area contributed by atoms with E-state index in [2.05, 4.69) is 21.3 Å². The van der Waals surface area contributed by atoms with Gasteiger partial charge in [0, 0.05) is 13.0 Å². The molecule has 1 aliphatic heterocycles. The molecule has 5 amide bonds. The van der Waals surface area contributed by atoms with Crippen molar-refractivity contribution in [2.24, 2.45) is 17.2 Å². The van der Waals surface area contributed by atoms with Crippen LogP contribution in [0.3, 0.4) is 0 Å². The molecule has 0 aromatic heterocycles. The fourth-order valence-corrected chi connectivity index (χ4v) is 4.70. The highest BCUT2D eigenvalue weighted by atomic mass is 16.2. The van der Waals surface area contributed by atoms with Gasteiger partial charge >= 0.3 is 0 Å². The maximum absolute atomic E-state index is 13.6. The summed E-state index contributed by atoms with van der Waals surface area (Å²) in [5, 5.41) is 11.2. The average Bonchev–Trinajstić information content (AvgIpc) is 2.95. The lowest BCUT2D eigenvalue weighted by Gasteiger charge is -2.28. The zero-order valence-corrected chi connectivity index (χ0v) is 22.9. The molecule has 3 rings (SSSR count). The molecule has 2 aromatic rings. The molecule has 1 aliphatic rings. The van der Waals surface area contributed by atoms with Crippen LogP contribution in [0.15, 0.2) is 54.6 Å². The average molecular weight is 566 g/mol. The highest BCUT2D eigenvalue weighted by molar-refractivity contribution is 5.95. The Morgan fingerprint density at radius 1 is 0.805 bits per heavy atom. The number of rotatable bonds is 15. The predicted octanol–water partition coefficient (Wildman–Crippen LogP) is -1.11. The zero-order valence-electron chi connectivity index (χ0n) is 22.9. The smallest absolute Gasteiger partial charge is 0.243 e. The molecule has 12 heteroatoms. The molecule has 0 saturated heterocycles. The minimum Gasteiger partial charge on any atom is -0.370 e. The van der Waals surface area contributed by atoms with Gasteiger partial charge in [-0.15, -0.1) is 0 Å². The van der Waals surface area contributed by atoms with Crippen LogP contribution in [-0.2, 0) is 43.4 Å². The summed E-state index contributed by atoms with van der Waals surface area (Å²) < 4.78 is 0. The van der Waals surface area contributed by atoms with E-state index in [0.717, 1.165) is 16.7 Å². The molecule has 4 atom stereocenters. The number of nitrogens with one attached hydrogen (secondary N) is 4. The first-order valence-electron chi connectivity index (χ1n) is 13.7. The Hall–Kier alpha value is -4.29. The maximum atomic E-state index is 13.6. The summed E-state index contributed by atoms with van der Waals surface area (Å²) in [4.78, 5) is 63.2. The van der Waals surface area contributed by atoms with E-state index in [-0.39, 0.29) is 18.7 Å².